The number of ether oxygens (including phenoxy) is 2. The highest BCUT2D eigenvalue weighted by molar-refractivity contribution is 7.13. The maximum Gasteiger partial charge on any atom is 0.514 e. The van der Waals surface area contributed by atoms with Crippen LogP contribution < -0.4 is 4.74 Å². The van der Waals surface area contributed by atoms with Crippen LogP contribution in [0.3, 0.4) is 0 Å². The highest BCUT2D eigenvalue weighted by atomic mass is 35.5. The number of hydrogen-bond acceptors (Lipinski definition) is 5. The number of methoxy groups -OCH3 is 1. The normalized spacial score (nSPS) is 20.5. The second-order valence-corrected chi connectivity index (χ2v) is 11.6. The lowest BCUT2D eigenvalue weighted by atomic mass is 9.84. The zero-order valence-corrected chi connectivity index (χ0v) is 21.7. The third kappa shape index (κ3) is 7.35. The molecule has 1 aromatic heterocycles. The van der Waals surface area contributed by atoms with Gasteiger partial charge in [-0.3, -0.25) is 0 Å². The molecule has 1 aliphatic rings. The Morgan fingerprint density at radius 2 is 1.94 bits per heavy atom. The van der Waals surface area contributed by atoms with E-state index in [1.165, 1.54) is 23.3 Å². The molecule has 1 aromatic carbocycles. The number of aliphatic hydroxyl groups excluding tert-OH is 1. The van der Waals surface area contributed by atoms with Crippen molar-refractivity contribution in [1.29, 1.82) is 0 Å². The molecule has 33 heavy (non-hydrogen) atoms. The second kappa shape index (κ2) is 12.4. The highest BCUT2D eigenvalue weighted by Crippen LogP contribution is 2.55. The smallest absolute Gasteiger partial charge is 0.437 e. The Balaban J connectivity index is 1.57. The first-order valence-corrected chi connectivity index (χ1v) is 13.4. The first kappa shape index (κ1) is 26.3. The van der Waals surface area contributed by atoms with Gasteiger partial charge in [-0.05, 0) is 67.7 Å². The minimum atomic E-state index is -0.767. The second-order valence-electron chi connectivity index (χ2n) is 8.88. The molecule has 0 aliphatic heterocycles. The van der Waals surface area contributed by atoms with E-state index in [1.54, 1.807) is 6.07 Å². The van der Waals surface area contributed by atoms with Crippen molar-refractivity contribution in [3.8, 4) is 5.06 Å². The van der Waals surface area contributed by atoms with E-state index in [-0.39, 0.29) is 5.92 Å². The number of aliphatic hydroxyl groups is 1. The summed E-state index contributed by atoms with van der Waals surface area (Å²) in [6.07, 6.45) is 7.75. The number of benzene rings is 1. The fourth-order valence-electron chi connectivity index (χ4n) is 4.76. The summed E-state index contributed by atoms with van der Waals surface area (Å²) < 4.78 is 8.85. The Labute approximate surface area is 211 Å². The molecule has 2 aromatic rings. The monoisotopic (exact) mass is 512 g/mol. The molecule has 0 radical (unpaired) electrons. The van der Waals surface area contributed by atoms with Crippen LogP contribution >= 0.6 is 34.5 Å². The molecule has 1 heterocycles. The minimum absolute atomic E-state index is 0.0775. The Morgan fingerprint density at radius 3 is 2.64 bits per heavy atom. The molecule has 1 N–H and O–H groups in total. The van der Waals surface area contributed by atoms with Crippen LogP contribution in [0.5, 0.6) is 5.06 Å². The molecule has 0 bridgehead atoms. The molecule has 3 atom stereocenters. The van der Waals surface area contributed by atoms with E-state index < -0.39 is 16.6 Å². The van der Waals surface area contributed by atoms with Crippen molar-refractivity contribution in [2.75, 3.05) is 7.11 Å². The summed E-state index contributed by atoms with van der Waals surface area (Å²) in [6.45, 7) is 2.17. The van der Waals surface area contributed by atoms with Crippen molar-refractivity contribution in [3.05, 3.63) is 52.4 Å². The van der Waals surface area contributed by atoms with Crippen LogP contribution in [0.2, 0.25) is 0 Å². The first-order chi connectivity index (χ1) is 15.8. The van der Waals surface area contributed by atoms with Gasteiger partial charge in [0.15, 0.2) is 5.06 Å². The molecule has 7 heteroatoms. The summed E-state index contributed by atoms with van der Waals surface area (Å²) >= 11 is 15.0. The average Bonchev–Trinajstić information content (AvgIpc) is 3.36. The van der Waals surface area contributed by atoms with Crippen molar-refractivity contribution in [3.63, 3.8) is 0 Å². The van der Waals surface area contributed by atoms with E-state index >= 15 is 0 Å². The predicted molar refractivity (Wildman–Crippen MR) is 136 cm³/mol. The van der Waals surface area contributed by atoms with Crippen LogP contribution in [-0.4, -0.2) is 22.7 Å². The summed E-state index contributed by atoms with van der Waals surface area (Å²) in [5, 5.41) is 11.0. The van der Waals surface area contributed by atoms with Gasteiger partial charge in [-0.25, -0.2) is 4.79 Å². The molecule has 1 unspecified atom stereocenters. The summed E-state index contributed by atoms with van der Waals surface area (Å²) in [7, 11) is 1.30. The van der Waals surface area contributed by atoms with Gasteiger partial charge in [0, 0.05) is 10.8 Å². The first-order valence-electron chi connectivity index (χ1n) is 11.8. The number of aryl methyl sites for hydroxylation is 1. The van der Waals surface area contributed by atoms with E-state index in [4.69, 9.17) is 27.9 Å². The maximum absolute atomic E-state index is 11.3. The number of thiophene rings is 1. The summed E-state index contributed by atoms with van der Waals surface area (Å²) in [5.74, 6) is 0.486. The molecule has 4 nitrogen and oxygen atoms in total. The largest absolute Gasteiger partial charge is 0.514 e. The van der Waals surface area contributed by atoms with Gasteiger partial charge >= 0.3 is 6.16 Å². The SMILES string of the molecule is CCCCCC(O)c1ccc([C@@H]2[C@@H](CCCc3ccc(OC(=O)OC)s3)CCC2(Cl)Cl)cc1. The Morgan fingerprint density at radius 1 is 1.18 bits per heavy atom. The number of hydrogen-bond donors (Lipinski definition) is 1. The fourth-order valence-corrected chi connectivity index (χ4v) is 6.47. The number of carbonyl (C=O) groups excluding carboxylic acids is 1. The fraction of sp³-hybridized carbons (Fsp3) is 0.577. The van der Waals surface area contributed by atoms with Gasteiger partial charge in [0.25, 0.3) is 0 Å². The third-order valence-electron chi connectivity index (χ3n) is 6.52. The van der Waals surface area contributed by atoms with Crippen molar-refractivity contribution in [2.45, 2.75) is 81.1 Å². The summed E-state index contributed by atoms with van der Waals surface area (Å²) in [4.78, 5) is 12.4. The lowest BCUT2D eigenvalue weighted by Crippen LogP contribution is -2.21. The molecule has 182 valence electrons. The molecule has 3 rings (SSSR count). The van der Waals surface area contributed by atoms with Crippen molar-refractivity contribution >= 4 is 40.7 Å². The van der Waals surface area contributed by atoms with Crippen LogP contribution in [0, 0.1) is 5.92 Å². The number of rotatable bonds is 11. The molecule has 1 aliphatic carbocycles. The van der Waals surface area contributed by atoms with Gasteiger partial charge < -0.3 is 14.6 Å². The van der Waals surface area contributed by atoms with Gasteiger partial charge in [0.05, 0.1) is 13.2 Å². The van der Waals surface area contributed by atoms with E-state index in [0.717, 1.165) is 68.9 Å². The molecule has 0 spiro atoms. The van der Waals surface area contributed by atoms with Gasteiger partial charge in [0.1, 0.15) is 4.33 Å². The van der Waals surface area contributed by atoms with E-state index in [2.05, 4.69) is 23.8 Å². The van der Waals surface area contributed by atoms with Crippen LogP contribution in [-0.2, 0) is 11.2 Å². The quantitative estimate of drug-likeness (QED) is 0.187. The van der Waals surface area contributed by atoms with Crippen molar-refractivity contribution in [2.24, 2.45) is 5.92 Å². The molecular formula is C26H34Cl2O4S. The Hall–Kier alpha value is -1.27. The van der Waals surface area contributed by atoms with Crippen molar-refractivity contribution in [1.82, 2.24) is 0 Å². The van der Waals surface area contributed by atoms with E-state index in [0.29, 0.717) is 11.0 Å². The average molecular weight is 514 g/mol. The number of carbonyl (C=O) groups is 1. The summed E-state index contributed by atoms with van der Waals surface area (Å²) in [6, 6.07) is 12.0. The van der Waals surface area contributed by atoms with Crippen LogP contribution in [0.15, 0.2) is 36.4 Å². The topological polar surface area (TPSA) is 55.8 Å². The molecular weight excluding hydrogens is 479 g/mol. The van der Waals surface area contributed by atoms with E-state index in [1.807, 2.05) is 18.2 Å². The molecule has 1 fully saturated rings. The number of unbranched alkanes of at least 4 members (excludes halogenated alkanes) is 2. The lowest BCUT2D eigenvalue weighted by molar-refractivity contribution is 0.123. The number of alkyl halides is 2. The zero-order chi connectivity index (χ0) is 23.8. The summed E-state index contributed by atoms with van der Waals surface area (Å²) in [5.41, 5.74) is 2.11. The van der Waals surface area contributed by atoms with Gasteiger partial charge in [0.2, 0.25) is 0 Å². The minimum Gasteiger partial charge on any atom is -0.437 e. The lowest BCUT2D eigenvalue weighted by Gasteiger charge is -2.28. The van der Waals surface area contributed by atoms with Gasteiger partial charge in [-0.1, -0.05) is 50.5 Å². The molecule has 0 amide bonds. The van der Waals surface area contributed by atoms with Crippen LogP contribution in [0.4, 0.5) is 4.79 Å². The van der Waals surface area contributed by atoms with Gasteiger partial charge in [-0.2, -0.15) is 0 Å². The molecule has 1 saturated carbocycles. The predicted octanol–water partition coefficient (Wildman–Crippen LogP) is 8.20. The maximum atomic E-state index is 11.3. The standard InChI is InChI=1S/C26H34Cl2O4S/c1-3-4-5-9-22(29)18-10-12-20(13-11-18)24-19(16-17-26(24,27)28)7-6-8-21-14-15-23(33-21)32-25(30)31-2/h10-15,19,22,24,29H,3-9,16-17H2,1-2H3/t19-,22?,24-/m0/s1. The van der Waals surface area contributed by atoms with Crippen molar-refractivity contribution < 1.29 is 19.4 Å². The van der Waals surface area contributed by atoms with Crippen LogP contribution in [0.1, 0.15) is 86.3 Å². The molecule has 0 saturated heterocycles. The highest BCUT2D eigenvalue weighted by Gasteiger charge is 2.46. The zero-order valence-electron chi connectivity index (χ0n) is 19.4. The Kier molecular flexibility index (Phi) is 9.93. The third-order valence-corrected chi connectivity index (χ3v) is 8.39. The Bertz CT molecular complexity index is 881. The van der Waals surface area contributed by atoms with E-state index in [9.17, 15) is 9.90 Å². The van der Waals surface area contributed by atoms with Gasteiger partial charge in [-0.15, -0.1) is 34.5 Å². The van der Waals surface area contributed by atoms with Crippen LogP contribution in [0.25, 0.3) is 0 Å². The number of halogens is 2.